The van der Waals surface area contributed by atoms with Gasteiger partial charge in [0.15, 0.2) is 0 Å². The minimum atomic E-state index is 0.420. The Hall–Kier alpha value is -1.72. The van der Waals surface area contributed by atoms with Gasteiger partial charge in [0.25, 0.3) is 0 Å². The Morgan fingerprint density at radius 2 is 2.22 bits per heavy atom. The van der Waals surface area contributed by atoms with Crippen molar-refractivity contribution in [2.75, 3.05) is 12.0 Å². The van der Waals surface area contributed by atoms with Crippen LogP contribution in [0.1, 0.15) is 54.6 Å². The molecule has 2 heterocycles. The van der Waals surface area contributed by atoms with Gasteiger partial charge in [0.1, 0.15) is 0 Å². The summed E-state index contributed by atoms with van der Waals surface area (Å²) in [5, 5.41) is 11.0. The fourth-order valence-corrected chi connectivity index (χ4v) is 4.13. The molecule has 1 aliphatic carbocycles. The first-order valence-corrected chi connectivity index (χ1v) is 9.29. The molecule has 0 bridgehead atoms. The summed E-state index contributed by atoms with van der Waals surface area (Å²) in [5.74, 6) is 0. The fourth-order valence-electron chi connectivity index (χ4n) is 3.43. The summed E-state index contributed by atoms with van der Waals surface area (Å²) in [6, 6.07) is 7.15. The molecule has 0 amide bonds. The number of hydrazone groups is 1. The van der Waals surface area contributed by atoms with Gasteiger partial charge in [-0.15, -0.1) is 11.3 Å². The first-order chi connectivity index (χ1) is 11.3. The second-order valence-electron chi connectivity index (χ2n) is 6.37. The van der Waals surface area contributed by atoms with Crippen LogP contribution in [0, 0.1) is 0 Å². The quantitative estimate of drug-likeness (QED) is 0.662. The van der Waals surface area contributed by atoms with Crippen LogP contribution in [0.25, 0.3) is 0 Å². The molecule has 2 aliphatic rings. The number of hydrogen-bond donors (Lipinski definition) is 2. The van der Waals surface area contributed by atoms with Gasteiger partial charge in [0.05, 0.1) is 17.4 Å². The molecule has 0 radical (unpaired) electrons. The number of fused-ring (bicyclic) bond motifs is 1. The SMILES string of the molecule is C/C(=N\Nc1nc([C@@H]2CCCN2)cs1)c1ccc2c(c1)CCC2. The summed E-state index contributed by atoms with van der Waals surface area (Å²) in [7, 11) is 0. The Morgan fingerprint density at radius 3 is 3.09 bits per heavy atom. The highest BCUT2D eigenvalue weighted by Gasteiger charge is 2.18. The maximum Gasteiger partial charge on any atom is 0.203 e. The number of anilines is 1. The predicted octanol–water partition coefficient (Wildman–Crippen LogP) is 3.89. The van der Waals surface area contributed by atoms with Gasteiger partial charge in [0, 0.05) is 5.38 Å². The van der Waals surface area contributed by atoms with E-state index in [2.05, 4.69) is 51.3 Å². The van der Waals surface area contributed by atoms with Crippen molar-refractivity contribution in [1.29, 1.82) is 0 Å². The smallest absolute Gasteiger partial charge is 0.203 e. The van der Waals surface area contributed by atoms with Crippen LogP contribution >= 0.6 is 11.3 Å². The van der Waals surface area contributed by atoms with Crippen molar-refractivity contribution in [1.82, 2.24) is 10.3 Å². The van der Waals surface area contributed by atoms with Crippen LogP contribution in [-0.2, 0) is 12.8 Å². The largest absolute Gasteiger partial charge is 0.309 e. The molecule has 1 aromatic heterocycles. The minimum Gasteiger partial charge on any atom is -0.309 e. The maximum atomic E-state index is 4.65. The first kappa shape index (κ1) is 14.8. The maximum absolute atomic E-state index is 4.65. The topological polar surface area (TPSA) is 49.3 Å². The molecule has 4 nitrogen and oxygen atoms in total. The number of nitrogens with zero attached hydrogens (tertiary/aromatic N) is 2. The average molecular weight is 326 g/mol. The Balaban J connectivity index is 1.45. The van der Waals surface area contributed by atoms with E-state index in [9.17, 15) is 0 Å². The first-order valence-electron chi connectivity index (χ1n) is 8.41. The zero-order valence-corrected chi connectivity index (χ0v) is 14.2. The van der Waals surface area contributed by atoms with Crippen LogP contribution in [0.15, 0.2) is 28.7 Å². The monoisotopic (exact) mass is 326 g/mol. The van der Waals surface area contributed by atoms with E-state index < -0.39 is 0 Å². The molecule has 1 aliphatic heterocycles. The second-order valence-corrected chi connectivity index (χ2v) is 7.23. The zero-order chi connectivity index (χ0) is 15.6. The third-order valence-electron chi connectivity index (χ3n) is 4.77. The molecule has 120 valence electrons. The summed E-state index contributed by atoms with van der Waals surface area (Å²) in [4.78, 5) is 4.65. The minimum absolute atomic E-state index is 0.420. The molecule has 2 aromatic rings. The standard InChI is InChI=1S/C18H22N4S/c1-12(14-8-7-13-4-2-5-15(13)10-14)21-22-18-20-17(11-23-18)16-6-3-9-19-16/h7-8,10-11,16,19H,2-6,9H2,1H3,(H,20,22)/b21-12+/t16-/m0/s1. The van der Waals surface area contributed by atoms with E-state index in [0.29, 0.717) is 6.04 Å². The lowest BCUT2D eigenvalue weighted by Gasteiger charge is -2.06. The van der Waals surface area contributed by atoms with E-state index in [1.807, 2.05) is 0 Å². The van der Waals surface area contributed by atoms with Crippen molar-refractivity contribution in [2.45, 2.75) is 45.1 Å². The van der Waals surface area contributed by atoms with Gasteiger partial charge in [-0.1, -0.05) is 12.1 Å². The third-order valence-corrected chi connectivity index (χ3v) is 5.54. The van der Waals surface area contributed by atoms with Crippen LogP contribution in [-0.4, -0.2) is 17.2 Å². The van der Waals surface area contributed by atoms with E-state index in [-0.39, 0.29) is 0 Å². The van der Waals surface area contributed by atoms with Crippen molar-refractivity contribution in [3.05, 3.63) is 46.0 Å². The fraction of sp³-hybridized carbons (Fsp3) is 0.444. The highest BCUT2D eigenvalue weighted by molar-refractivity contribution is 7.13. The molecule has 1 atom stereocenters. The number of aryl methyl sites for hydroxylation is 2. The van der Waals surface area contributed by atoms with Gasteiger partial charge in [0.2, 0.25) is 5.13 Å². The molecule has 1 aromatic carbocycles. The van der Waals surface area contributed by atoms with Crippen LogP contribution < -0.4 is 10.7 Å². The Bertz CT molecular complexity index is 728. The Kier molecular flexibility index (Phi) is 4.14. The van der Waals surface area contributed by atoms with E-state index in [0.717, 1.165) is 23.1 Å². The predicted molar refractivity (Wildman–Crippen MR) is 96.4 cm³/mol. The lowest BCUT2D eigenvalue weighted by Crippen LogP contribution is -2.13. The van der Waals surface area contributed by atoms with Crippen LogP contribution in [0.4, 0.5) is 5.13 Å². The zero-order valence-electron chi connectivity index (χ0n) is 13.4. The normalized spacial score (nSPS) is 20.7. The summed E-state index contributed by atoms with van der Waals surface area (Å²) in [5.41, 5.74) is 9.46. The van der Waals surface area contributed by atoms with Gasteiger partial charge in [-0.25, -0.2) is 4.98 Å². The lowest BCUT2D eigenvalue weighted by atomic mass is 10.0. The molecule has 0 saturated carbocycles. The van der Waals surface area contributed by atoms with Gasteiger partial charge in [-0.05, 0) is 68.3 Å². The second kappa shape index (κ2) is 6.42. The number of benzene rings is 1. The molecule has 4 rings (SSSR count). The molecule has 0 spiro atoms. The highest BCUT2D eigenvalue weighted by atomic mass is 32.1. The van der Waals surface area contributed by atoms with E-state index in [1.165, 1.54) is 48.8 Å². The van der Waals surface area contributed by atoms with Crippen LogP contribution in [0.3, 0.4) is 0 Å². The Morgan fingerprint density at radius 1 is 1.30 bits per heavy atom. The van der Waals surface area contributed by atoms with Crippen molar-refractivity contribution in [3.63, 3.8) is 0 Å². The van der Waals surface area contributed by atoms with Gasteiger partial charge in [-0.2, -0.15) is 5.10 Å². The number of rotatable bonds is 4. The molecule has 23 heavy (non-hydrogen) atoms. The Labute approximate surface area is 141 Å². The lowest BCUT2D eigenvalue weighted by molar-refractivity contribution is 0.632. The summed E-state index contributed by atoms with van der Waals surface area (Å²) in [6.45, 7) is 3.15. The number of thiazole rings is 1. The molecule has 1 saturated heterocycles. The summed E-state index contributed by atoms with van der Waals surface area (Å²) < 4.78 is 0. The van der Waals surface area contributed by atoms with Gasteiger partial charge < -0.3 is 5.32 Å². The van der Waals surface area contributed by atoms with Crippen LogP contribution in [0.5, 0.6) is 0 Å². The van der Waals surface area contributed by atoms with E-state index in [4.69, 9.17) is 0 Å². The third kappa shape index (κ3) is 3.16. The van der Waals surface area contributed by atoms with Crippen molar-refractivity contribution in [2.24, 2.45) is 5.10 Å². The molecular weight excluding hydrogens is 304 g/mol. The van der Waals surface area contributed by atoms with E-state index in [1.54, 1.807) is 11.3 Å². The van der Waals surface area contributed by atoms with Crippen molar-refractivity contribution >= 4 is 22.2 Å². The van der Waals surface area contributed by atoms with Crippen molar-refractivity contribution in [3.8, 4) is 0 Å². The number of aromatic nitrogens is 1. The number of hydrogen-bond acceptors (Lipinski definition) is 5. The summed E-state index contributed by atoms with van der Waals surface area (Å²) >= 11 is 1.62. The van der Waals surface area contributed by atoms with Gasteiger partial charge >= 0.3 is 0 Å². The molecule has 0 unspecified atom stereocenters. The van der Waals surface area contributed by atoms with Crippen molar-refractivity contribution < 1.29 is 0 Å². The van der Waals surface area contributed by atoms with Crippen LogP contribution in [0.2, 0.25) is 0 Å². The molecule has 5 heteroatoms. The van der Waals surface area contributed by atoms with E-state index >= 15 is 0 Å². The highest BCUT2D eigenvalue weighted by Crippen LogP contribution is 2.27. The van der Waals surface area contributed by atoms with Gasteiger partial charge in [-0.3, -0.25) is 5.43 Å². The molecule has 2 N–H and O–H groups in total. The molecular formula is C18H22N4S. The molecule has 1 fully saturated rings. The average Bonchev–Trinajstić information content (AvgIpc) is 3.32. The number of nitrogens with one attached hydrogen (secondary N) is 2. The summed E-state index contributed by atoms with van der Waals surface area (Å²) in [6.07, 6.45) is 6.13.